The molecule has 1 rings (SSSR count). The molecule has 1 N–H and O–H groups in total. The minimum Gasteiger partial charge on any atom is -0.300 e. The summed E-state index contributed by atoms with van der Waals surface area (Å²) in [4.78, 5) is 11.7. The van der Waals surface area contributed by atoms with Crippen LogP contribution in [-0.4, -0.2) is 13.9 Å². The fourth-order valence-electron chi connectivity index (χ4n) is 2.52. The summed E-state index contributed by atoms with van der Waals surface area (Å²) in [5, 5.41) is -0.629. The maximum atomic E-state index is 11.7. The second-order valence-corrected chi connectivity index (χ2v) is 7.39. The fraction of sp³-hybridized carbons (Fsp3) is 0.588. The Balaban J connectivity index is 3.49. The molecule has 0 aromatic heterocycles. The van der Waals surface area contributed by atoms with Gasteiger partial charge in [0, 0.05) is 6.42 Å². The molecule has 1 atom stereocenters. The summed E-state index contributed by atoms with van der Waals surface area (Å²) in [5.41, 5.74) is 4.41. The van der Waals surface area contributed by atoms with E-state index >= 15 is 0 Å². The van der Waals surface area contributed by atoms with Gasteiger partial charge in [-0.05, 0) is 40.0 Å². The van der Waals surface area contributed by atoms with Crippen molar-refractivity contribution >= 4 is 16.2 Å². The number of carbonyl (C=O) groups excluding carboxylic acids is 1. The lowest BCUT2D eigenvalue weighted by Crippen LogP contribution is -2.14. The van der Waals surface area contributed by atoms with Crippen LogP contribution in [0.4, 0.5) is 0 Å². The van der Waals surface area contributed by atoms with Crippen molar-refractivity contribution in [2.24, 2.45) is 0 Å². The zero-order valence-electron chi connectivity index (χ0n) is 13.8. The van der Waals surface area contributed by atoms with E-state index in [0.717, 1.165) is 16.7 Å². The third-order valence-electron chi connectivity index (χ3n) is 3.77. The number of carbonyl (C=O) groups is 1. The second-order valence-electron chi connectivity index (χ2n) is 6.44. The molecule has 118 valence electrons. The van der Waals surface area contributed by atoms with Crippen LogP contribution in [0.3, 0.4) is 0 Å². The van der Waals surface area contributed by atoms with Gasteiger partial charge in [-0.1, -0.05) is 53.7 Å². The molecule has 0 aliphatic heterocycles. The Labute approximate surface area is 130 Å². The lowest BCUT2D eigenvalue weighted by molar-refractivity contribution is -0.111. The summed E-state index contributed by atoms with van der Waals surface area (Å²) in [6.07, 6.45) is 0.0303. The Morgan fingerprint density at radius 3 is 1.71 bits per heavy atom. The zero-order valence-corrected chi connectivity index (χ0v) is 14.6. The van der Waals surface area contributed by atoms with Crippen molar-refractivity contribution in [1.82, 2.24) is 0 Å². The van der Waals surface area contributed by atoms with Gasteiger partial charge < -0.3 is 4.55 Å². The molecule has 4 heteroatoms. The molecule has 1 unspecified atom stereocenters. The topological polar surface area (TPSA) is 54.4 Å². The molecule has 0 fully saturated rings. The Bertz CT molecular complexity index is 516. The first-order valence-corrected chi connectivity index (χ1v) is 8.56. The standard InChI is InChI=1S/C17H26O3S/c1-10(2)13-7-14(11(3)4)16(9-17(18)21(19)20)15(8-13)12(5)6/h7-8,10-12H,9H2,1-6H3,(H,19,20). The number of benzene rings is 1. The second kappa shape index (κ2) is 7.32. The maximum Gasteiger partial charge on any atom is 0.250 e. The van der Waals surface area contributed by atoms with Crippen molar-refractivity contribution in [3.05, 3.63) is 34.4 Å². The van der Waals surface area contributed by atoms with Gasteiger partial charge in [0.25, 0.3) is 0 Å². The van der Waals surface area contributed by atoms with Gasteiger partial charge in [-0.15, -0.1) is 0 Å². The van der Waals surface area contributed by atoms with Gasteiger partial charge in [0.2, 0.25) is 16.2 Å². The maximum absolute atomic E-state index is 11.7. The van der Waals surface area contributed by atoms with Crippen molar-refractivity contribution in [3.8, 4) is 0 Å². The van der Waals surface area contributed by atoms with Gasteiger partial charge in [0.1, 0.15) is 0 Å². The minimum absolute atomic E-state index is 0.0303. The van der Waals surface area contributed by atoms with E-state index in [0.29, 0.717) is 5.92 Å². The summed E-state index contributed by atoms with van der Waals surface area (Å²) in [6, 6.07) is 4.29. The van der Waals surface area contributed by atoms with E-state index < -0.39 is 16.2 Å². The van der Waals surface area contributed by atoms with Crippen molar-refractivity contribution in [2.45, 2.75) is 65.7 Å². The minimum atomic E-state index is -2.41. The molecule has 0 amide bonds. The Hall–Kier alpha value is -1.00. The Kier molecular flexibility index (Phi) is 6.29. The Morgan fingerprint density at radius 2 is 1.43 bits per heavy atom. The molecule has 0 saturated carbocycles. The number of hydrogen-bond donors (Lipinski definition) is 1. The summed E-state index contributed by atoms with van der Waals surface area (Å²) in [5.74, 6) is 0.962. The average Bonchev–Trinajstić information content (AvgIpc) is 2.37. The highest BCUT2D eigenvalue weighted by Gasteiger charge is 2.21. The third-order valence-corrected chi connectivity index (χ3v) is 4.30. The highest BCUT2D eigenvalue weighted by Crippen LogP contribution is 2.32. The molecular formula is C17H26O3S. The molecule has 0 aliphatic carbocycles. The van der Waals surface area contributed by atoms with Gasteiger partial charge >= 0.3 is 0 Å². The molecule has 3 nitrogen and oxygen atoms in total. The van der Waals surface area contributed by atoms with Gasteiger partial charge in [-0.25, -0.2) is 4.21 Å². The fourth-order valence-corrected chi connectivity index (χ4v) is 2.78. The van der Waals surface area contributed by atoms with Crippen LogP contribution in [0.5, 0.6) is 0 Å². The molecule has 0 spiro atoms. The molecule has 21 heavy (non-hydrogen) atoms. The zero-order chi connectivity index (χ0) is 16.3. The molecule has 1 aromatic carbocycles. The van der Waals surface area contributed by atoms with Crippen molar-refractivity contribution in [2.75, 3.05) is 0 Å². The van der Waals surface area contributed by atoms with Crippen LogP contribution >= 0.6 is 0 Å². The van der Waals surface area contributed by atoms with Crippen LogP contribution in [0, 0.1) is 0 Å². The largest absolute Gasteiger partial charge is 0.300 e. The SMILES string of the molecule is CC(C)c1cc(C(C)C)c(CC(=O)S(=O)O)c(C(C)C)c1. The van der Waals surface area contributed by atoms with E-state index in [4.69, 9.17) is 4.55 Å². The predicted octanol–water partition coefficient (Wildman–Crippen LogP) is 4.35. The van der Waals surface area contributed by atoms with Crippen LogP contribution in [0.25, 0.3) is 0 Å². The molecule has 0 radical (unpaired) electrons. The first-order chi connectivity index (χ1) is 9.65. The van der Waals surface area contributed by atoms with Crippen molar-refractivity contribution in [3.63, 3.8) is 0 Å². The van der Waals surface area contributed by atoms with Gasteiger partial charge in [0.05, 0.1) is 0 Å². The highest BCUT2D eigenvalue weighted by atomic mass is 32.2. The third kappa shape index (κ3) is 4.48. The van der Waals surface area contributed by atoms with Gasteiger partial charge in [0.15, 0.2) is 0 Å². The van der Waals surface area contributed by atoms with Crippen LogP contribution in [0.1, 0.15) is 81.5 Å². The van der Waals surface area contributed by atoms with Crippen LogP contribution in [0.15, 0.2) is 12.1 Å². The predicted molar refractivity (Wildman–Crippen MR) is 88.2 cm³/mol. The lowest BCUT2D eigenvalue weighted by atomic mass is 9.83. The number of hydrogen-bond acceptors (Lipinski definition) is 2. The normalized spacial score (nSPS) is 13.2. The molecule has 0 bridgehead atoms. The van der Waals surface area contributed by atoms with Crippen LogP contribution in [0.2, 0.25) is 0 Å². The molecule has 0 aliphatic rings. The summed E-state index contributed by atoms with van der Waals surface area (Å²) in [6.45, 7) is 12.7. The summed E-state index contributed by atoms with van der Waals surface area (Å²) in [7, 11) is 0. The lowest BCUT2D eigenvalue weighted by Gasteiger charge is -2.22. The van der Waals surface area contributed by atoms with Gasteiger partial charge in [-0.3, -0.25) is 4.79 Å². The molecule has 1 aromatic rings. The first kappa shape index (κ1) is 18.1. The van der Waals surface area contributed by atoms with E-state index in [-0.39, 0.29) is 18.3 Å². The molecule has 0 heterocycles. The molecular weight excluding hydrogens is 284 g/mol. The van der Waals surface area contributed by atoms with E-state index in [1.165, 1.54) is 5.56 Å². The van der Waals surface area contributed by atoms with Crippen molar-refractivity contribution < 1.29 is 13.6 Å². The van der Waals surface area contributed by atoms with E-state index in [9.17, 15) is 9.00 Å². The highest BCUT2D eigenvalue weighted by molar-refractivity contribution is 7.95. The molecule has 0 saturated heterocycles. The quantitative estimate of drug-likeness (QED) is 0.823. The van der Waals surface area contributed by atoms with E-state index in [1.54, 1.807) is 0 Å². The van der Waals surface area contributed by atoms with E-state index in [1.807, 2.05) is 0 Å². The van der Waals surface area contributed by atoms with Gasteiger partial charge in [-0.2, -0.15) is 0 Å². The van der Waals surface area contributed by atoms with Crippen LogP contribution in [-0.2, 0) is 22.3 Å². The summed E-state index contributed by atoms with van der Waals surface area (Å²) >= 11 is -2.41. The average molecular weight is 310 g/mol. The summed E-state index contributed by atoms with van der Waals surface area (Å²) < 4.78 is 20.0. The van der Waals surface area contributed by atoms with Crippen LogP contribution < -0.4 is 0 Å². The van der Waals surface area contributed by atoms with E-state index in [2.05, 4.69) is 53.7 Å². The smallest absolute Gasteiger partial charge is 0.250 e. The Morgan fingerprint density at radius 1 is 1.00 bits per heavy atom. The number of rotatable bonds is 5. The first-order valence-electron chi connectivity index (χ1n) is 7.45. The monoisotopic (exact) mass is 310 g/mol. The van der Waals surface area contributed by atoms with Crippen molar-refractivity contribution in [1.29, 1.82) is 0 Å².